The van der Waals surface area contributed by atoms with Crippen LogP contribution in [0.1, 0.15) is 13.8 Å². The zero-order valence-corrected chi connectivity index (χ0v) is 7.05. The molecule has 0 bridgehead atoms. The van der Waals surface area contributed by atoms with Crippen LogP contribution < -0.4 is 11.7 Å². The molecule has 5 heteroatoms. The lowest BCUT2D eigenvalue weighted by Crippen LogP contribution is -2.53. The van der Waals surface area contributed by atoms with Gasteiger partial charge in [-0.15, -0.1) is 0 Å². The minimum atomic E-state index is -0.583. The van der Waals surface area contributed by atoms with Gasteiger partial charge in [-0.1, -0.05) is 0 Å². The van der Waals surface area contributed by atoms with Gasteiger partial charge in [-0.3, -0.25) is 14.8 Å². The zero-order valence-electron chi connectivity index (χ0n) is 4.89. The van der Waals surface area contributed by atoms with E-state index in [2.05, 4.69) is 0 Å². The number of halogens is 1. The summed E-state index contributed by atoms with van der Waals surface area (Å²) in [6.45, 7) is 3.53. The van der Waals surface area contributed by atoms with E-state index in [-0.39, 0.29) is 0 Å². The average Bonchev–Trinajstić information content (AvgIpc) is 1.67. The molecule has 0 aromatic carbocycles. The molecule has 0 amide bonds. The van der Waals surface area contributed by atoms with E-state index in [1.54, 1.807) is 36.9 Å². The Balaban J connectivity index is 3.71. The topological polar surface area (TPSA) is 64.5 Å². The molecule has 0 fully saturated rings. The maximum atomic E-state index is 5.16. The third-order valence-electron chi connectivity index (χ3n) is 0.811. The monoisotopic (exact) mass is 231 g/mol. The first-order valence-electron chi connectivity index (χ1n) is 2.10. The Morgan fingerprint density at radius 3 is 1.88 bits per heavy atom. The third kappa shape index (κ3) is 2.23. The number of nitrogens with two attached hydrogens (primary N) is 2. The highest BCUT2D eigenvalue weighted by Gasteiger charge is 2.20. The second-order valence-corrected chi connectivity index (χ2v) is 2.37. The number of hydrogen-bond acceptors (Lipinski definition) is 4. The van der Waals surface area contributed by atoms with Crippen molar-refractivity contribution in [1.29, 1.82) is 0 Å². The summed E-state index contributed by atoms with van der Waals surface area (Å²) in [6, 6.07) is 0. The van der Waals surface area contributed by atoms with E-state index in [9.17, 15) is 0 Å². The van der Waals surface area contributed by atoms with Crippen LogP contribution in [0.25, 0.3) is 0 Å². The lowest BCUT2D eigenvalue weighted by molar-refractivity contribution is -0.0261. The molecule has 0 spiro atoms. The highest BCUT2D eigenvalue weighted by atomic mass is 127. The summed E-state index contributed by atoms with van der Waals surface area (Å²) in [7, 11) is 0. The molecular formula is C3H10IN3O. The van der Waals surface area contributed by atoms with Crippen molar-refractivity contribution in [3.63, 3.8) is 0 Å². The zero-order chi connectivity index (χ0) is 6.78. The van der Waals surface area contributed by atoms with Gasteiger partial charge in [0.1, 0.15) is 23.0 Å². The molecule has 0 aromatic heterocycles. The summed E-state index contributed by atoms with van der Waals surface area (Å²) < 4.78 is 4.84. The Kier molecular flexibility index (Phi) is 3.13. The van der Waals surface area contributed by atoms with Crippen molar-refractivity contribution in [2.24, 2.45) is 11.7 Å². The molecular weight excluding hydrogens is 221 g/mol. The van der Waals surface area contributed by atoms with Gasteiger partial charge in [0.25, 0.3) is 0 Å². The second-order valence-electron chi connectivity index (χ2n) is 1.93. The van der Waals surface area contributed by atoms with Crippen LogP contribution in [0.2, 0.25) is 0 Å². The van der Waals surface area contributed by atoms with E-state index < -0.39 is 5.72 Å². The highest BCUT2D eigenvalue weighted by Crippen LogP contribution is 2.11. The number of hydrogen-bond donors (Lipinski definition) is 2. The molecule has 0 saturated heterocycles. The summed E-state index contributed by atoms with van der Waals surface area (Å²) in [5, 5.41) is 1.01. The van der Waals surface area contributed by atoms with Gasteiger partial charge in [0, 0.05) is 0 Å². The number of hydrazine groups is 2. The Bertz CT molecular complexity index is 74.9. The Morgan fingerprint density at radius 2 is 1.88 bits per heavy atom. The van der Waals surface area contributed by atoms with Crippen LogP contribution in [-0.2, 0) is 3.07 Å². The van der Waals surface area contributed by atoms with E-state index in [4.69, 9.17) is 14.8 Å². The van der Waals surface area contributed by atoms with Crippen molar-refractivity contribution in [3.8, 4) is 0 Å². The standard InChI is InChI=1S/C3H10IN3O/c1-3(2,8-4)7(5)6/h5-6H2,1-2H3. The van der Waals surface area contributed by atoms with E-state index in [0.717, 1.165) is 5.12 Å². The summed E-state index contributed by atoms with van der Waals surface area (Å²) in [5.74, 6) is 10.3. The van der Waals surface area contributed by atoms with Crippen LogP contribution in [0.15, 0.2) is 0 Å². The Hall–Kier alpha value is 0.570. The fraction of sp³-hybridized carbons (Fsp3) is 1.00. The summed E-state index contributed by atoms with van der Waals surface area (Å²) in [4.78, 5) is 0. The first kappa shape index (κ1) is 8.57. The fourth-order valence-corrected chi connectivity index (χ4v) is 0.267. The van der Waals surface area contributed by atoms with Crippen LogP contribution >= 0.6 is 23.0 Å². The minimum Gasteiger partial charge on any atom is -0.291 e. The summed E-state index contributed by atoms with van der Waals surface area (Å²) in [5.41, 5.74) is -0.583. The molecule has 0 saturated carbocycles. The number of rotatable bonds is 2. The van der Waals surface area contributed by atoms with Gasteiger partial charge in [0.15, 0.2) is 5.72 Å². The van der Waals surface area contributed by atoms with Crippen molar-refractivity contribution in [1.82, 2.24) is 5.12 Å². The van der Waals surface area contributed by atoms with Crippen molar-refractivity contribution < 1.29 is 3.07 Å². The van der Waals surface area contributed by atoms with Crippen LogP contribution in [0, 0.1) is 0 Å². The van der Waals surface area contributed by atoms with Crippen molar-refractivity contribution in [2.75, 3.05) is 0 Å². The van der Waals surface area contributed by atoms with Crippen molar-refractivity contribution in [3.05, 3.63) is 0 Å². The van der Waals surface area contributed by atoms with Gasteiger partial charge in [-0.05, 0) is 13.8 Å². The van der Waals surface area contributed by atoms with Gasteiger partial charge >= 0.3 is 0 Å². The molecule has 0 heterocycles. The van der Waals surface area contributed by atoms with Gasteiger partial charge in [-0.2, -0.15) is 5.12 Å². The molecule has 0 rings (SSSR count). The molecule has 0 aromatic rings. The second kappa shape index (κ2) is 2.92. The molecule has 0 aliphatic heterocycles. The molecule has 4 N–H and O–H groups in total. The van der Waals surface area contributed by atoms with Crippen LogP contribution in [0.5, 0.6) is 0 Å². The smallest absolute Gasteiger partial charge is 0.153 e. The molecule has 0 radical (unpaired) electrons. The molecule has 0 aliphatic rings. The van der Waals surface area contributed by atoms with Gasteiger partial charge in [-0.25, -0.2) is 0 Å². The van der Waals surface area contributed by atoms with Gasteiger partial charge < -0.3 is 0 Å². The molecule has 50 valence electrons. The van der Waals surface area contributed by atoms with E-state index in [1.165, 1.54) is 0 Å². The third-order valence-corrected chi connectivity index (χ3v) is 1.89. The fourth-order valence-electron chi connectivity index (χ4n) is 0.0398. The quantitative estimate of drug-likeness (QED) is 0.307. The van der Waals surface area contributed by atoms with Gasteiger partial charge in [0.2, 0.25) is 0 Å². The first-order chi connectivity index (χ1) is 3.50. The maximum Gasteiger partial charge on any atom is 0.153 e. The first-order valence-corrected chi connectivity index (χ1v) is 2.98. The molecule has 0 aliphatic carbocycles. The predicted molar refractivity (Wildman–Crippen MR) is 39.4 cm³/mol. The average molecular weight is 231 g/mol. The van der Waals surface area contributed by atoms with Crippen LogP contribution in [-0.4, -0.2) is 10.8 Å². The van der Waals surface area contributed by atoms with Crippen molar-refractivity contribution >= 4 is 23.0 Å². The van der Waals surface area contributed by atoms with Crippen LogP contribution in [0.4, 0.5) is 0 Å². The Morgan fingerprint density at radius 1 is 1.50 bits per heavy atom. The lowest BCUT2D eigenvalue weighted by atomic mass is 10.3. The molecule has 4 nitrogen and oxygen atoms in total. The van der Waals surface area contributed by atoms with Crippen LogP contribution in [0.3, 0.4) is 0 Å². The van der Waals surface area contributed by atoms with E-state index >= 15 is 0 Å². The van der Waals surface area contributed by atoms with E-state index in [1.807, 2.05) is 0 Å². The number of nitrogens with zero attached hydrogens (tertiary/aromatic N) is 1. The lowest BCUT2D eigenvalue weighted by Gasteiger charge is -2.27. The van der Waals surface area contributed by atoms with E-state index in [0.29, 0.717) is 0 Å². The predicted octanol–water partition coefficient (Wildman–Crippen LogP) is 0.139. The highest BCUT2D eigenvalue weighted by molar-refractivity contribution is 14.1. The Labute approximate surface area is 62.8 Å². The normalized spacial score (nSPS) is 12.8. The summed E-state index contributed by atoms with van der Waals surface area (Å²) >= 11 is 1.74. The SMILES string of the molecule is CC(C)(OI)N(N)N. The van der Waals surface area contributed by atoms with Crippen molar-refractivity contribution in [2.45, 2.75) is 19.6 Å². The molecule has 8 heavy (non-hydrogen) atoms. The summed E-state index contributed by atoms with van der Waals surface area (Å²) in [6.07, 6.45) is 0. The minimum absolute atomic E-state index is 0.583. The largest absolute Gasteiger partial charge is 0.291 e. The molecule has 0 unspecified atom stereocenters. The van der Waals surface area contributed by atoms with Gasteiger partial charge in [0.05, 0.1) is 0 Å². The molecule has 0 atom stereocenters. The maximum absolute atomic E-state index is 5.16.